The fraction of sp³-hybridized carbons (Fsp3) is 0.636. The Morgan fingerprint density at radius 1 is 1.28 bits per heavy atom. The Kier molecular flexibility index (Phi) is 12.2. The van der Waals surface area contributed by atoms with Crippen LogP contribution < -0.4 is 16.0 Å². The highest BCUT2D eigenvalue weighted by Crippen LogP contribution is 2.15. The van der Waals surface area contributed by atoms with Gasteiger partial charge in [-0.15, -0.1) is 24.0 Å². The minimum Gasteiger partial charge on any atom is -0.356 e. The Morgan fingerprint density at radius 3 is 2.62 bits per heavy atom. The van der Waals surface area contributed by atoms with E-state index >= 15 is 0 Å². The van der Waals surface area contributed by atoms with Crippen LogP contribution in [-0.2, 0) is 4.79 Å². The van der Waals surface area contributed by atoms with Crippen molar-refractivity contribution in [2.24, 2.45) is 4.99 Å². The van der Waals surface area contributed by atoms with Gasteiger partial charge in [0.1, 0.15) is 0 Å². The molecule has 0 radical (unpaired) electrons. The van der Waals surface area contributed by atoms with E-state index in [9.17, 15) is 4.79 Å². The number of carbonyl (C=O) groups excluding carboxylic acids is 1. The van der Waals surface area contributed by atoms with Gasteiger partial charge in [-0.2, -0.15) is 0 Å². The topological polar surface area (TPSA) is 68.8 Å². The van der Waals surface area contributed by atoms with E-state index in [0.717, 1.165) is 51.4 Å². The summed E-state index contributed by atoms with van der Waals surface area (Å²) >= 11 is 0. The summed E-state index contributed by atoms with van der Waals surface area (Å²) in [5.74, 6) is 1.41. The van der Waals surface area contributed by atoms with Gasteiger partial charge in [-0.3, -0.25) is 14.7 Å². The number of likely N-dealkylation sites (tertiary alicyclic amines) is 1. The van der Waals surface area contributed by atoms with Crippen molar-refractivity contribution in [1.29, 1.82) is 0 Å². The quantitative estimate of drug-likeness (QED) is 0.283. The van der Waals surface area contributed by atoms with E-state index in [-0.39, 0.29) is 29.9 Å². The van der Waals surface area contributed by atoms with Crippen LogP contribution in [0.4, 0.5) is 0 Å². The summed E-state index contributed by atoms with van der Waals surface area (Å²) in [6, 6.07) is 9.07. The molecule has 0 aliphatic carbocycles. The van der Waals surface area contributed by atoms with Crippen LogP contribution in [0.3, 0.4) is 0 Å². The van der Waals surface area contributed by atoms with Gasteiger partial charge >= 0.3 is 0 Å². The van der Waals surface area contributed by atoms with Gasteiger partial charge in [0, 0.05) is 39.3 Å². The number of nitrogens with one attached hydrogen (secondary N) is 3. The monoisotopic (exact) mass is 515 g/mol. The Labute approximate surface area is 193 Å². The zero-order valence-corrected chi connectivity index (χ0v) is 20.7. The number of halogens is 1. The number of nitrogens with zero attached hydrogens (tertiary/aromatic N) is 2. The molecule has 1 saturated heterocycles. The number of rotatable bonds is 8. The first-order chi connectivity index (χ1) is 13.5. The van der Waals surface area contributed by atoms with Crippen LogP contribution in [0.1, 0.15) is 50.2 Å². The van der Waals surface area contributed by atoms with Crippen LogP contribution in [0.25, 0.3) is 0 Å². The molecule has 29 heavy (non-hydrogen) atoms. The summed E-state index contributed by atoms with van der Waals surface area (Å²) in [6.07, 6.45) is 3.02. The van der Waals surface area contributed by atoms with Crippen molar-refractivity contribution < 1.29 is 4.79 Å². The van der Waals surface area contributed by atoms with Crippen molar-refractivity contribution in [3.05, 3.63) is 35.4 Å². The predicted octanol–water partition coefficient (Wildman–Crippen LogP) is 2.87. The fourth-order valence-corrected chi connectivity index (χ4v) is 3.49. The molecule has 0 spiro atoms. The first kappa shape index (κ1) is 25.7. The van der Waals surface area contributed by atoms with E-state index in [1.807, 2.05) is 7.05 Å². The summed E-state index contributed by atoms with van der Waals surface area (Å²) in [5.41, 5.74) is 2.64. The molecule has 6 nitrogen and oxygen atoms in total. The number of benzene rings is 1. The van der Waals surface area contributed by atoms with Crippen LogP contribution in [0.15, 0.2) is 29.3 Å². The molecule has 164 valence electrons. The van der Waals surface area contributed by atoms with Gasteiger partial charge in [-0.25, -0.2) is 0 Å². The van der Waals surface area contributed by atoms with Gasteiger partial charge in [0.05, 0.1) is 6.54 Å². The third-order valence-electron chi connectivity index (χ3n) is 5.28. The van der Waals surface area contributed by atoms with Crippen molar-refractivity contribution in [3.63, 3.8) is 0 Å². The molecule has 1 aromatic rings. The minimum atomic E-state index is 0. The summed E-state index contributed by atoms with van der Waals surface area (Å²) in [4.78, 5) is 18.5. The summed E-state index contributed by atoms with van der Waals surface area (Å²) < 4.78 is 0. The molecule has 0 aromatic heterocycles. The highest BCUT2D eigenvalue weighted by Gasteiger charge is 2.21. The molecule has 1 atom stereocenters. The molecular formula is C22H38IN5O. The van der Waals surface area contributed by atoms with E-state index in [0.29, 0.717) is 18.5 Å². The maximum absolute atomic E-state index is 11.9. The van der Waals surface area contributed by atoms with E-state index in [4.69, 9.17) is 0 Å². The number of aliphatic imine (C=N–C) groups is 1. The lowest BCUT2D eigenvalue weighted by molar-refractivity contribution is -0.122. The number of guanidine groups is 1. The van der Waals surface area contributed by atoms with Gasteiger partial charge in [0.15, 0.2) is 5.96 Å². The second-order valence-corrected chi connectivity index (χ2v) is 7.81. The number of carbonyl (C=O) groups is 1. The first-order valence-corrected chi connectivity index (χ1v) is 10.5. The Hall–Kier alpha value is -1.35. The Balaban J connectivity index is 0.00000420. The largest absolute Gasteiger partial charge is 0.356 e. The summed E-state index contributed by atoms with van der Waals surface area (Å²) in [6.45, 7) is 10.4. The predicted molar refractivity (Wildman–Crippen MR) is 132 cm³/mol. The van der Waals surface area contributed by atoms with Crippen molar-refractivity contribution in [2.45, 2.75) is 52.0 Å². The number of hydrogen-bond acceptors (Lipinski definition) is 3. The lowest BCUT2D eigenvalue weighted by Crippen LogP contribution is -2.50. The minimum absolute atomic E-state index is 0. The van der Waals surface area contributed by atoms with Crippen molar-refractivity contribution in [3.8, 4) is 0 Å². The maximum Gasteiger partial charge on any atom is 0.234 e. The van der Waals surface area contributed by atoms with Crippen LogP contribution in [0.5, 0.6) is 0 Å². The van der Waals surface area contributed by atoms with Gasteiger partial charge in [-0.1, -0.05) is 43.7 Å². The lowest BCUT2D eigenvalue weighted by atomic mass is 9.99. The van der Waals surface area contributed by atoms with Crippen molar-refractivity contribution in [2.75, 3.05) is 39.8 Å². The molecular weight excluding hydrogens is 477 g/mol. The third kappa shape index (κ3) is 9.33. The highest BCUT2D eigenvalue weighted by atomic mass is 127. The molecule has 7 heteroatoms. The van der Waals surface area contributed by atoms with Crippen LogP contribution in [0.2, 0.25) is 0 Å². The maximum atomic E-state index is 11.9. The molecule has 1 aliphatic rings. The average molecular weight is 515 g/mol. The zero-order chi connectivity index (χ0) is 20.4. The van der Waals surface area contributed by atoms with Crippen LogP contribution >= 0.6 is 24.0 Å². The smallest absolute Gasteiger partial charge is 0.234 e. The molecule has 1 aromatic carbocycles. The molecule has 3 N–H and O–H groups in total. The molecule has 1 unspecified atom stereocenters. The second kappa shape index (κ2) is 13.8. The van der Waals surface area contributed by atoms with E-state index in [1.54, 1.807) is 0 Å². The number of amides is 1. The SMILES string of the molecule is CCCNC(=O)CN1CCC(NC(=NC)NCC(C)c2cccc(C)c2)CC1.I. The van der Waals surface area contributed by atoms with Crippen LogP contribution in [-0.4, -0.2) is 62.6 Å². The van der Waals surface area contributed by atoms with E-state index < -0.39 is 0 Å². The molecule has 1 fully saturated rings. The normalized spacial score (nSPS) is 16.6. The number of piperidine rings is 1. The van der Waals surface area contributed by atoms with Gasteiger partial charge < -0.3 is 16.0 Å². The van der Waals surface area contributed by atoms with Gasteiger partial charge in [-0.05, 0) is 37.7 Å². The molecule has 1 heterocycles. The molecule has 2 rings (SSSR count). The van der Waals surface area contributed by atoms with Gasteiger partial charge in [0.2, 0.25) is 5.91 Å². The van der Waals surface area contributed by atoms with E-state index in [2.05, 4.69) is 70.9 Å². The Bertz CT molecular complexity index is 644. The molecule has 0 saturated carbocycles. The summed E-state index contributed by atoms with van der Waals surface area (Å²) in [7, 11) is 1.82. The average Bonchev–Trinajstić information content (AvgIpc) is 2.70. The van der Waals surface area contributed by atoms with Crippen LogP contribution in [0, 0.1) is 6.92 Å². The van der Waals surface area contributed by atoms with E-state index in [1.165, 1.54) is 11.1 Å². The zero-order valence-electron chi connectivity index (χ0n) is 18.3. The lowest BCUT2D eigenvalue weighted by Gasteiger charge is -2.32. The first-order valence-electron chi connectivity index (χ1n) is 10.5. The number of hydrogen-bond donors (Lipinski definition) is 3. The van der Waals surface area contributed by atoms with Gasteiger partial charge in [0.25, 0.3) is 0 Å². The Morgan fingerprint density at radius 2 is 2.00 bits per heavy atom. The summed E-state index contributed by atoms with van der Waals surface area (Å²) in [5, 5.41) is 9.96. The number of aryl methyl sites for hydroxylation is 1. The molecule has 1 aliphatic heterocycles. The standard InChI is InChI=1S/C22H37N5O.HI/c1-5-11-24-21(28)16-27-12-9-20(10-13-27)26-22(23-4)25-15-18(3)19-8-6-7-17(2)14-19;/h6-8,14,18,20H,5,9-13,15-16H2,1-4H3,(H,24,28)(H2,23,25,26);1H. The second-order valence-electron chi connectivity index (χ2n) is 7.81. The highest BCUT2D eigenvalue weighted by molar-refractivity contribution is 14.0. The third-order valence-corrected chi connectivity index (χ3v) is 5.28. The molecule has 1 amide bonds. The van der Waals surface area contributed by atoms with Crippen molar-refractivity contribution in [1.82, 2.24) is 20.9 Å². The molecule has 0 bridgehead atoms. The fourth-order valence-electron chi connectivity index (χ4n) is 3.49. The van der Waals surface area contributed by atoms with Crippen molar-refractivity contribution >= 4 is 35.8 Å².